The molecule has 0 fully saturated rings. The number of aromatic hydroxyl groups is 1. The summed E-state index contributed by atoms with van der Waals surface area (Å²) in [5.41, 5.74) is -4.30. The van der Waals surface area contributed by atoms with Crippen molar-refractivity contribution >= 4 is 22.5 Å². The van der Waals surface area contributed by atoms with E-state index in [-0.39, 0.29) is 22.4 Å². The molecule has 0 aliphatic heterocycles. The van der Waals surface area contributed by atoms with Crippen molar-refractivity contribution in [2.45, 2.75) is 10.4 Å². The monoisotopic (exact) mass is 244 g/mol. The van der Waals surface area contributed by atoms with Crippen molar-refractivity contribution in [3.05, 3.63) is 36.4 Å². The third-order valence-electron chi connectivity index (χ3n) is 2.05. The zero-order valence-corrected chi connectivity index (χ0v) is 8.77. The molecule has 0 aliphatic rings. The van der Waals surface area contributed by atoms with Gasteiger partial charge in [0, 0.05) is 4.90 Å². The van der Waals surface area contributed by atoms with Gasteiger partial charge in [-0.2, -0.15) is 13.2 Å². The first-order valence-electron chi connectivity index (χ1n) is 4.43. The van der Waals surface area contributed by atoms with E-state index in [2.05, 4.69) is 0 Å². The van der Waals surface area contributed by atoms with Crippen LogP contribution in [0.3, 0.4) is 0 Å². The largest absolute Gasteiger partial charge is 0.508 e. The molecule has 16 heavy (non-hydrogen) atoms. The van der Waals surface area contributed by atoms with Crippen LogP contribution in [0.1, 0.15) is 0 Å². The Bertz CT molecular complexity index is 522. The number of rotatable bonds is 1. The lowest BCUT2D eigenvalue weighted by Crippen LogP contribution is -1.99. The third-order valence-corrected chi connectivity index (χ3v) is 2.86. The minimum Gasteiger partial charge on any atom is -0.508 e. The summed E-state index contributed by atoms with van der Waals surface area (Å²) in [7, 11) is 0. The minimum atomic E-state index is -4.30. The molecule has 0 spiro atoms. The van der Waals surface area contributed by atoms with E-state index in [1.807, 2.05) is 0 Å². The molecule has 0 radical (unpaired) electrons. The van der Waals surface area contributed by atoms with Crippen molar-refractivity contribution in [2.75, 3.05) is 0 Å². The summed E-state index contributed by atoms with van der Waals surface area (Å²) in [6, 6.07) is 8.92. The number of alkyl halides is 3. The number of halogens is 3. The van der Waals surface area contributed by atoms with E-state index >= 15 is 0 Å². The van der Waals surface area contributed by atoms with Gasteiger partial charge >= 0.3 is 5.51 Å². The molecule has 2 aromatic rings. The molecule has 0 aromatic heterocycles. The van der Waals surface area contributed by atoms with Crippen LogP contribution in [0, 0.1) is 0 Å². The molecule has 0 heterocycles. The van der Waals surface area contributed by atoms with Crippen molar-refractivity contribution in [3.63, 3.8) is 0 Å². The van der Waals surface area contributed by atoms with Gasteiger partial charge in [-0.15, -0.1) is 0 Å². The van der Waals surface area contributed by atoms with Crippen LogP contribution in [0.25, 0.3) is 10.8 Å². The number of benzene rings is 2. The van der Waals surface area contributed by atoms with Gasteiger partial charge in [0.2, 0.25) is 0 Å². The fourth-order valence-corrected chi connectivity index (χ4v) is 2.15. The Morgan fingerprint density at radius 3 is 2.50 bits per heavy atom. The quantitative estimate of drug-likeness (QED) is 0.760. The van der Waals surface area contributed by atoms with Gasteiger partial charge in [-0.05, 0) is 46.8 Å². The van der Waals surface area contributed by atoms with Crippen LogP contribution in [0.5, 0.6) is 5.75 Å². The molecule has 0 saturated carbocycles. The number of hydrogen-bond acceptors (Lipinski definition) is 2. The summed E-state index contributed by atoms with van der Waals surface area (Å²) in [4.78, 5) is 0.144. The van der Waals surface area contributed by atoms with Gasteiger partial charge in [0.05, 0.1) is 0 Å². The molecule has 0 atom stereocenters. The topological polar surface area (TPSA) is 20.2 Å². The average Bonchev–Trinajstić information content (AvgIpc) is 2.15. The van der Waals surface area contributed by atoms with Crippen molar-refractivity contribution < 1.29 is 18.3 Å². The van der Waals surface area contributed by atoms with Crippen LogP contribution in [-0.2, 0) is 0 Å². The highest BCUT2D eigenvalue weighted by atomic mass is 32.2. The van der Waals surface area contributed by atoms with Gasteiger partial charge in [0.15, 0.2) is 0 Å². The predicted molar refractivity (Wildman–Crippen MR) is 57.5 cm³/mol. The van der Waals surface area contributed by atoms with E-state index in [1.54, 1.807) is 6.07 Å². The lowest BCUT2D eigenvalue weighted by molar-refractivity contribution is -0.0327. The molecular weight excluding hydrogens is 237 g/mol. The number of fused-ring (bicyclic) bond motifs is 1. The summed E-state index contributed by atoms with van der Waals surface area (Å²) in [6.07, 6.45) is 0. The SMILES string of the molecule is Oc1ccc2c(SC(F)(F)F)cccc2c1. The minimum absolute atomic E-state index is 0.0432. The molecule has 5 heteroatoms. The summed E-state index contributed by atoms with van der Waals surface area (Å²) < 4.78 is 36.8. The maximum atomic E-state index is 12.3. The van der Waals surface area contributed by atoms with Gasteiger partial charge in [-0.25, -0.2) is 0 Å². The van der Waals surface area contributed by atoms with E-state index < -0.39 is 5.51 Å². The molecule has 1 nitrogen and oxygen atoms in total. The molecule has 0 bridgehead atoms. The lowest BCUT2D eigenvalue weighted by atomic mass is 10.1. The highest BCUT2D eigenvalue weighted by Crippen LogP contribution is 2.40. The van der Waals surface area contributed by atoms with Gasteiger partial charge in [0.1, 0.15) is 5.75 Å². The van der Waals surface area contributed by atoms with Crippen LogP contribution in [0.2, 0.25) is 0 Å². The Labute approximate surface area is 93.9 Å². The normalized spacial score (nSPS) is 11.9. The second kappa shape index (κ2) is 3.90. The third kappa shape index (κ3) is 2.41. The molecule has 84 valence electrons. The summed E-state index contributed by atoms with van der Waals surface area (Å²) >= 11 is -0.146. The van der Waals surface area contributed by atoms with Crippen LogP contribution < -0.4 is 0 Å². The number of hydrogen-bond donors (Lipinski definition) is 1. The van der Waals surface area contributed by atoms with Crippen LogP contribution >= 0.6 is 11.8 Å². The Balaban J connectivity index is 2.54. The fraction of sp³-hybridized carbons (Fsp3) is 0.0909. The van der Waals surface area contributed by atoms with E-state index in [9.17, 15) is 18.3 Å². The smallest absolute Gasteiger partial charge is 0.446 e. The van der Waals surface area contributed by atoms with Crippen molar-refractivity contribution in [3.8, 4) is 5.75 Å². The van der Waals surface area contributed by atoms with Gasteiger partial charge in [-0.1, -0.05) is 12.1 Å². The maximum absolute atomic E-state index is 12.3. The van der Waals surface area contributed by atoms with Crippen molar-refractivity contribution in [1.82, 2.24) is 0 Å². The molecule has 0 amide bonds. The first-order chi connectivity index (χ1) is 7.46. The van der Waals surface area contributed by atoms with Crippen LogP contribution in [0.4, 0.5) is 13.2 Å². The summed E-state index contributed by atoms with van der Waals surface area (Å²) in [6.45, 7) is 0. The molecule has 2 rings (SSSR count). The first-order valence-corrected chi connectivity index (χ1v) is 5.25. The number of phenolic OH excluding ortho intramolecular Hbond substituents is 1. The second-order valence-electron chi connectivity index (χ2n) is 3.21. The predicted octanol–water partition coefficient (Wildman–Crippen LogP) is 4.16. The first kappa shape index (κ1) is 11.1. The molecule has 0 saturated heterocycles. The Morgan fingerprint density at radius 1 is 1.06 bits per heavy atom. The zero-order chi connectivity index (χ0) is 11.8. The molecule has 2 aromatic carbocycles. The zero-order valence-electron chi connectivity index (χ0n) is 7.95. The standard InChI is InChI=1S/C11H7F3OS/c12-11(13,14)16-10-3-1-2-7-6-8(15)4-5-9(7)10/h1-6,15H. The number of phenols is 1. The summed E-state index contributed by atoms with van der Waals surface area (Å²) in [5, 5.41) is 10.3. The van der Waals surface area contributed by atoms with E-state index in [0.717, 1.165) is 0 Å². The number of thioether (sulfide) groups is 1. The molecule has 1 N–H and O–H groups in total. The van der Waals surface area contributed by atoms with Gasteiger partial charge < -0.3 is 5.11 Å². The molecular formula is C11H7F3OS. The van der Waals surface area contributed by atoms with Crippen LogP contribution in [0.15, 0.2) is 41.3 Å². The van der Waals surface area contributed by atoms with Crippen molar-refractivity contribution in [1.29, 1.82) is 0 Å². The van der Waals surface area contributed by atoms with E-state index in [1.165, 1.54) is 30.3 Å². The lowest BCUT2D eigenvalue weighted by Gasteiger charge is -2.08. The molecule has 0 aliphatic carbocycles. The Morgan fingerprint density at radius 2 is 1.81 bits per heavy atom. The summed E-state index contributed by atoms with van der Waals surface area (Å²) in [5.74, 6) is 0.0432. The average molecular weight is 244 g/mol. The van der Waals surface area contributed by atoms with Crippen molar-refractivity contribution in [2.24, 2.45) is 0 Å². The van der Waals surface area contributed by atoms with Crippen LogP contribution in [-0.4, -0.2) is 10.6 Å². The highest BCUT2D eigenvalue weighted by molar-refractivity contribution is 8.00. The van der Waals surface area contributed by atoms with Gasteiger partial charge in [0.25, 0.3) is 0 Å². The van der Waals surface area contributed by atoms with Gasteiger partial charge in [-0.3, -0.25) is 0 Å². The highest BCUT2D eigenvalue weighted by Gasteiger charge is 2.29. The van der Waals surface area contributed by atoms with E-state index in [4.69, 9.17) is 0 Å². The Kier molecular flexibility index (Phi) is 2.71. The second-order valence-corrected chi connectivity index (χ2v) is 4.32. The maximum Gasteiger partial charge on any atom is 0.446 e. The molecule has 0 unspecified atom stereocenters. The fourth-order valence-electron chi connectivity index (χ4n) is 1.46. The Hall–Kier alpha value is -1.36. The van der Waals surface area contributed by atoms with E-state index in [0.29, 0.717) is 10.8 Å².